The van der Waals surface area contributed by atoms with Crippen molar-refractivity contribution in [3.05, 3.63) is 45.5 Å². The molecule has 10 heteroatoms. The van der Waals surface area contributed by atoms with Gasteiger partial charge in [-0.25, -0.2) is 12.8 Å². The summed E-state index contributed by atoms with van der Waals surface area (Å²) in [6.45, 7) is 3.00. The molecule has 0 saturated carbocycles. The first-order valence-corrected chi connectivity index (χ1v) is 7.19. The maximum atomic E-state index is 13.7. The van der Waals surface area contributed by atoms with Gasteiger partial charge in [-0.15, -0.1) is 0 Å². The summed E-state index contributed by atoms with van der Waals surface area (Å²) in [5, 5.41) is 16.8. The van der Waals surface area contributed by atoms with E-state index >= 15 is 0 Å². The Morgan fingerprint density at radius 2 is 2.05 bits per heavy atom. The lowest BCUT2D eigenvalue weighted by Gasteiger charge is -2.08. The van der Waals surface area contributed by atoms with Gasteiger partial charge in [-0.1, -0.05) is 0 Å². The van der Waals surface area contributed by atoms with Crippen molar-refractivity contribution in [2.45, 2.75) is 18.7 Å². The number of anilines is 1. The number of nitrogens with one attached hydrogen (secondary N) is 2. The Morgan fingerprint density at radius 3 is 2.52 bits per heavy atom. The largest absolute Gasteiger partial charge is 0.281 e. The van der Waals surface area contributed by atoms with Crippen LogP contribution in [0.4, 0.5) is 15.8 Å². The Morgan fingerprint density at radius 1 is 1.38 bits per heavy atom. The van der Waals surface area contributed by atoms with E-state index < -0.39 is 26.5 Å². The average Bonchev–Trinajstić information content (AvgIpc) is 2.71. The summed E-state index contributed by atoms with van der Waals surface area (Å²) in [5.41, 5.74) is -0.295. The van der Waals surface area contributed by atoms with Gasteiger partial charge in [0.05, 0.1) is 28.1 Å². The zero-order valence-electron chi connectivity index (χ0n) is 11.0. The van der Waals surface area contributed by atoms with Gasteiger partial charge in [0.2, 0.25) is 0 Å². The highest BCUT2D eigenvalue weighted by molar-refractivity contribution is 7.92. The van der Waals surface area contributed by atoms with Crippen LogP contribution >= 0.6 is 0 Å². The van der Waals surface area contributed by atoms with E-state index in [1.807, 2.05) is 0 Å². The lowest BCUT2D eigenvalue weighted by Crippen LogP contribution is -2.15. The Hall–Kier alpha value is -2.49. The molecule has 2 aromatic rings. The molecular weight excluding hydrogens is 303 g/mol. The van der Waals surface area contributed by atoms with Crippen molar-refractivity contribution in [1.82, 2.24) is 10.2 Å². The highest BCUT2D eigenvalue weighted by Crippen LogP contribution is 2.25. The van der Waals surface area contributed by atoms with Gasteiger partial charge in [-0.2, -0.15) is 5.10 Å². The number of non-ortho nitro benzene ring substituents is 1. The molecule has 0 unspecified atom stereocenters. The van der Waals surface area contributed by atoms with Crippen molar-refractivity contribution in [2.75, 3.05) is 4.72 Å². The van der Waals surface area contributed by atoms with E-state index in [0.29, 0.717) is 11.8 Å². The zero-order valence-corrected chi connectivity index (χ0v) is 11.9. The molecule has 112 valence electrons. The Labute approximate surface area is 119 Å². The lowest BCUT2D eigenvalue weighted by atomic mass is 10.3. The molecule has 2 N–H and O–H groups in total. The zero-order chi connectivity index (χ0) is 15.8. The molecule has 1 aromatic heterocycles. The number of H-pyrrole nitrogens is 1. The van der Waals surface area contributed by atoms with E-state index in [1.165, 1.54) is 13.8 Å². The minimum atomic E-state index is -4.04. The number of nitrogens with zero attached hydrogens (tertiary/aromatic N) is 2. The number of sulfonamides is 1. The van der Waals surface area contributed by atoms with E-state index in [4.69, 9.17) is 0 Å². The molecule has 0 amide bonds. The number of aromatic nitrogens is 2. The summed E-state index contributed by atoms with van der Waals surface area (Å²) in [6, 6.07) is 2.65. The molecule has 0 fully saturated rings. The van der Waals surface area contributed by atoms with Gasteiger partial charge in [-0.05, 0) is 19.9 Å². The minimum absolute atomic E-state index is 0.0831. The highest BCUT2D eigenvalue weighted by atomic mass is 32.2. The number of aromatic amines is 1. The molecule has 0 bridgehead atoms. The Balaban J connectivity index is 2.40. The monoisotopic (exact) mass is 314 g/mol. The quantitative estimate of drug-likeness (QED) is 0.659. The third kappa shape index (κ3) is 2.84. The lowest BCUT2D eigenvalue weighted by molar-refractivity contribution is -0.385. The third-order valence-corrected chi connectivity index (χ3v) is 4.36. The molecule has 0 aliphatic carbocycles. The fraction of sp³-hybridized carbons (Fsp3) is 0.182. The highest BCUT2D eigenvalue weighted by Gasteiger charge is 2.24. The molecule has 1 heterocycles. The van der Waals surface area contributed by atoms with Crippen molar-refractivity contribution >= 4 is 21.4 Å². The van der Waals surface area contributed by atoms with Gasteiger partial charge in [0.15, 0.2) is 5.82 Å². The number of aryl methyl sites for hydroxylation is 2. The van der Waals surface area contributed by atoms with Gasteiger partial charge < -0.3 is 0 Å². The first kappa shape index (κ1) is 14.9. The van der Waals surface area contributed by atoms with Crippen molar-refractivity contribution in [2.24, 2.45) is 0 Å². The van der Waals surface area contributed by atoms with Crippen LogP contribution in [0.25, 0.3) is 0 Å². The van der Waals surface area contributed by atoms with E-state index in [-0.39, 0.29) is 16.3 Å². The van der Waals surface area contributed by atoms with Gasteiger partial charge >= 0.3 is 0 Å². The number of hydrogen-bond donors (Lipinski definition) is 2. The molecule has 0 saturated heterocycles. The molecule has 0 spiro atoms. The normalized spacial score (nSPS) is 11.4. The number of halogens is 1. The number of nitro groups is 1. The van der Waals surface area contributed by atoms with Crippen LogP contribution in [0.5, 0.6) is 0 Å². The van der Waals surface area contributed by atoms with Crippen molar-refractivity contribution in [1.29, 1.82) is 0 Å². The standard InChI is InChI=1S/C11H11FN4O4S/c1-6-11(7(2)14-13-6)21(19,20)15-10-4-3-8(16(17)18)5-9(10)12/h3-5,15H,1-2H3,(H,13,14). The molecule has 0 aliphatic rings. The molecular formula is C11H11FN4O4S. The number of hydrogen-bond acceptors (Lipinski definition) is 5. The van der Waals surface area contributed by atoms with Crippen LogP contribution in [-0.4, -0.2) is 23.5 Å². The fourth-order valence-electron chi connectivity index (χ4n) is 1.83. The summed E-state index contributed by atoms with van der Waals surface area (Å²) in [5.74, 6) is -1.04. The maximum Gasteiger partial charge on any atom is 0.272 e. The van der Waals surface area contributed by atoms with Crippen molar-refractivity contribution in [3.8, 4) is 0 Å². The summed E-state index contributed by atoms with van der Waals surface area (Å²) in [7, 11) is -4.04. The smallest absolute Gasteiger partial charge is 0.272 e. The Kier molecular flexibility index (Phi) is 3.64. The molecule has 1 aromatic carbocycles. The number of rotatable bonds is 4. The molecule has 0 radical (unpaired) electrons. The predicted octanol–water partition coefficient (Wildman–Crippen LogP) is 1.87. The van der Waals surface area contributed by atoms with E-state index in [2.05, 4.69) is 14.9 Å². The van der Waals surface area contributed by atoms with Crippen molar-refractivity contribution < 1.29 is 17.7 Å². The summed E-state index contributed by atoms with van der Waals surface area (Å²) >= 11 is 0. The fourth-order valence-corrected chi connectivity index (χ4v) is 3.27. The van der Waals surface area contributed by atoms with Gasteiger partial charge in [0.25, 0.3) is 15.7 Å². The first-order valence-electron chi connectivity index (χ1n) is 5.70. The van der Waals surface area contributed by atoms with Crippen LogP contribution in [0.3, 0.4) is 0 Å². The van der Waals surface area contributed by atoms with E-state index in [9.17, 15) is 22.9 Å². The summed E-state index contributed by atoms with van der Waals surface area (Å²) in [4.78, 5) is 9.66. The van der Waals surface area contributed by atoms with Crippen LogP contribution in [0.2, 0.25) is 0 Å². The first-order chi connectivity index (χ1) is 9.72. The molecule has 0 aliphatic heterocycles. The SMILES string of the molecule is Cc1n[nH]c(C)c1S(=O)(=O)Nc1ccc([N+](=O)[O-])cc1F. The summed E-state index contributed by atoms with van der Waals surface area (Å²) < 4.78 is 40.2. The van der Waals surface area contributed by atoms with Crippen LogP contribution in [0.1, 0.15) is 11.4 Å². The molecule has 8 nitrogen and oxygen atoms in total. The van der Waals surface area contributed by atoms with Crippen LogP contribution in [0, 0.1) is 29.8 Å². The molecule has 21 heavy (non-hydrogen) atoms. The number of benzene rings is 1. The van der Waals surface area contributed by atoms with Gasteiger partial charge in [0, 0.05) is 6.07 Å². The minimum Gasteiger partial charge on any atom is -0.281 e. The average molecular weight is 314 g/mol. The Bertz CT molecular complexity index is 796. The van der Waals surface area contributed by atoms with Gasteiger partial charge in [0.1, 0.15) is 4.90 Å². The van der Waals surface area contributed by atoms with Crippen LogP contribution in [0.15, 0.2) is 23.1 Å². The summed E-state index contributed by atoms with van der Waals surface area (Å²) in [6.07, 6.45) is 0. The second-order valence-corrected chi connectivity index (χ2v) is 5.91. The van der Waals surface area contributed by atoms with E-state index in [1.54, 1.807) is 0 Å². The molecule has 2 rings (SSSR count). The van der Waals surface area contributed by atoms with Gasteiger partial charge in [-0.3, -0.25) is 19.9 Å². The van der Waals surface area contributed by atoms with Crippen LogP contribution < -0.4 is 4.72 Å². The topological polar surface area (TPSA) is 118 Å². The maximum absolute atomic E-state index is 13.7. The second kappa shape index (κ2) is 5.13. The van der Waals surface area contributed by atoms with E-state index in [0.717, 1.165) is 12.1 Å². The number of nitro benzene ring substituents is 1. The van der Waals surface area contributed by atoms with Crippen molar-refractivity contribution in [3.63, 3.8) is 0 Å². The third-order valence-electron chi connectivity index (χ3n) is 2.74. The molecule has 0 atom stereocenters. The second-order valence-electron chi connectivity index (χ2n) is 4.29. The predicted molar refractivity (Wildman–Crippen MR) is 71.9 cm³/mol. The van der Waals surface area contributed by atoms with Crippen LogP contribution in [-0.2, 0) is 10.0 Å².